The quantitative estimate of drug-likeness (QED) is 0.457. The van der Waals surface area contributed by atoms with Crippen LogP contribution in [0, 0.1) is 0 Å². The first-order chi connectivity index (χ1) is 14.5. The third-order valence-corrected chi connectivity index (χ3v) is 6.02. The van der Waals surface area contributed by atoms with Crippen molar-refractivity contribution in [3.63, 3.8) is 0 Å². The van der Waals surface area contributed by atoms with E-state index >= 15 is 0 Å². The van der Waals surface area contributed by atoms with Crippen molar-refractivity contribution >= 4 is 56.5 Å². The molecule has 1 heterocycles. The third kappa shape index (κ3) is 5.23. The van der Waals surface area contributed by atoms with Crippen molar-refractivity contribution < 1.29 is 9.59 Å². The third-order valence-electron chi connectivity index (χ3n) is 4.69. The van der Waals surface area contributed by atoms with Crippen LogP contribution in [0.1, 0.15) is 30.1 Å². The molecule has 0 fully saturated rings. The highest BCUT2D eigenvalue weighted by molar-refractivity contribution is 9.10. The van der Waals surface area contributed by atoms with E-state index in [0.717, 1.165) is 29.8 Å². The Morgan fingerprint density at radius 2 is 1.90 bits per heavy atom. The summed E-state index contributed by atoms with van der Waals surface area (Å²) < 4.78 is 2.70. The van der Waals surface area contributed by atoms with Gasteiger partial charge in [0.15, 0.2) is 0 Å². The number of thioether (sulfide) groups is 1. The number of para-hydroxylation sites is 2. The van der Waals surface area contributed by atoms with Crippen LogP contribution < -0.4 is 10.6 Å². The minimum atomic E-state index is -0.660. The van der Waals surface area contributed by atoms with E-state index in [1.807, 2.05) is 41.2 Å². The monoisotopic (exact) mass is 488 g/mol. The summed E-state index contributed by atoms with van der Waals surface area (Å²) in [5.41, 5.74) is 2.31. The number of rotatable bonds is 9. The maximum atomic E-state index is 13.1. The molecule has 2 amide bonds. The van der Waals surface area contributed by atoms with Gasteiger partial charge in [0.2, 0.25) is 11.9 Å². The first kappa shape index (κ1) is 22.4. The van der Waals surface area contributed by atoms with Gasteiger partial charge in [-0.05, 0) is 65.0 Å². The average Bonchev–Trinajstić information content (AvgIpc) is 3.08. The zero-order chi connectivity index (χ0) is 21.5. The predicted octanol–water partition coefficient (Wildman–Crippen LogP) is 4.70. The van der Waals surface area contributed by atoms with E-state index in [0.29, 0.717) is 22.4 Å². The minimum absolute atomic E-state index is 0.267. The maximum absolute atomic E-state index is 13.1. The topological polar surface area (TPSA) is 76.0 Å². The molecule has 3 aromatic rings. The van der Waals surface area contributed by atoms with Crippen LogP contribution in [0.4, 0.5) is 5.95 Å². The van der Waals surface area contributed by atoms with Gasteiger partial charge in [-0.25, -0.2) is 4.98 Å². The molecule has 0 saturated heterocycles. The fourth-order valence-electron chi connectivity index (χ4n) is 3.20. The van der Waals surface area contributed by atoms with Gasteiger partial charge < -0.3 is 9.88 Å². The number of fused-ring (bicyclic) bond motifs is 1. The molecule has 0 aliphatic heterocycles. The number of benzene rings is 2. The predicted molar refractivity (Wildman–Crippen MR) is 127 cm³/mol. The molecule has 2 aromatic carbocycles. The summed E-state index contributed by atoms with van der Waals surface area (Å²) in [7, 11) is 0. The second kappa shape index (κ2) is 10.6. The van der Waals surface area contributed by atoms with Crippen LogP contribution in [-0.2, 0) is 11.3 Å². The molecule has 0 aliphatic carbocycles. The lowest BCUT2D eigenvalue weighted by Crippen LogP contribution is -2.44. The standard InChI is InChI=1S/C22H25BrN4O2S/c1-3-13-27-19-11-7-6-10-17(19)25-22(27)26-21(29)18(12-14-30-2)24-20(28)15-8-4-5-9-16(15)23/h4-11,18H,3,12-14H2,1-2H3,(H,24,28)(H,25,26,29)/t18-/m0/s1. The number of hydrogen-bond acceptors (Lipinski definition) is 4. The van der Waals surface area contributed by atoms with Crippen LogP contribution in [-0.4, -0.2) is 39.4 Å². The van der Waals surface area contributed by atoms with Crippen molar-refractivity contribution in [2.75, 3.05) is 17.3 Å². The molecule has 0 saturated carbocycles. The van der Waals surface area contributed by atoms with Crippen molar-refractivity contribution in [3.05, 3.63) is 58.6 Å². The summed E-state index contributed by atoms with van der Waals surface area (Å²) >= 11 is 5.03. The van der Waals surface area contributed by atoms with E-state index < -0.39 is 6.04 Å². The molecular formula is C22H25BrN4O2S. The number of imidazole rings is 1. The lowest BCUT2D eigenvalue weighted by molar-refractivity contribution is -0.118. The fourth-order valence-corrected chi connectivity index (χ4v) is 4.14. The largest absolute Gasteiger partial charge is 0.340 e. The molecule has 158 valence electrons. The Bertz CT molecular complexity index is 1040. The molecule has 1 atom stereocenters. The number of aromatic nitrogens is 2. The summed E-state index contributed by atoms with van der Waals surface area (Å²) in [6, 6.07) is 14.3. The lowest BCUT2D eigenvalue weighted by atomic mass is 10.1. The van der Waals surface area contributed by atoms with Crippen molar-refractivity contribution in [1.29, 1.82) is 0 Å². The van der Waals surface area contributed by atoms with Gasteiger partial charge >= 0.3 is 0 Å². The van der Waals surface area contributed by atoms with Crippen LogP contribution in [0.3, 0.4) is 0 Å². The summed E-state index contributed by atoms with van der Waals surface area (Å²) in [6.07, 6.45) is 3.42. The summed E-state index contributed by atoms with van der Waals surface area (Å²) in [5, 5.41) is 5.83. The Hall–Kier alpha value is -2.32. The smallest absolute Gasteiger partial charge is 0.253 e. The highest BCUT2D eigenvalue weighted by atomic mass is 79.9. The first-order valence-corrected chi connectivity index (χ1v) is 12.0. The number of carbonyl (C=O) groups excluding carboxylic acids is 2. The Labute approximate surface area is 189 Å². The summed E-state index contributed by atoms with van der Waals surface area (Å²) in [4.78, 5) is 30.5. The molecular weight excluding hydrogens is 464 g/mol. The fraction of sp³-hybridized carbons (Fsp3) is 0.318. The highest BCUT2D eigenvalue weighted by Crippen LogP contribution is 2.21. The number of halogens is 1. The number of amides is 2. The van der Waals surface area contributed by atoms with Gasteiger partial charge in [-0.1, -0.05) is 31.2 Å². The number of hydrogen-bond donors (Lipinski definition) is 2. The Balaban J connectivity index is 1.82. The van der Waals surface area contributed by atoms with Crippen LogP contribution in [0.25, 0.3) is 11.0 Å². The van der Waals surface area contributed by atoms with E-state index in [1.54, 1.807) is 30.0 Å². The molecule has 3 rings (SSSR count). The molecule has 0 spiro atoms. The van der Waals surface area contributed by atoms with E-state index in [1.165, 1.54) is 0 Å². The van der Waals surface area contributed by atoms with Crippen molar-refractivity contribution in [2.24, 2.45) is 0 Å². The number of anilines is 1. The molecule has 2 N–H and O–H groups in total. The van der Waals surface area contributed by atoms with Crippen molar-refractivity contribution in [3.8, 4) is 0 Å². The molecule has 0 radical (unpaired) electrons. The highest BCUT2D eigenvalue weighted by Gasteiger charge is 2.24. The van der Waals surface area contributed by atoms with Gasteiger partial charge in [-0.2, -0.15) is 11.8 Å². The van der Waals surface area contributed by atoms with Crippen molar-refractivity contribution in [1.82, 2.24) is 14.9 Å². The Morgan fingerprint density at radius 3 is 2.63 bits per heavy atom. The molecule has 8 heteroatoms. The molecule has 0 unspecified atom stereocenters. The second-order valence-electron chi connectivity index (χ2n) is 6.85. The van der Waals surface area contributed by atoms with Gasteiger partial charge in [0.1, 0.15) is 6.04 Å². The molecule has 1 aromatic heterocycles. The molecule has 30 heavy (non-hydrogen) atoms. The number of aryl methyl sites for hydroxylation is 1. The van der Waals surface area contributed by atoms with E-state index in [4.69, 9.17) is 0 Å². The molecule has 6 nitrogen and oxygen atoms in total. The lowest BCUT2D eigenvalue weighted by Gasteiger charge is -2.19. The normalized spacial score (nSPS) is 12.0. The second-order valence-corrected chi connectivity index (χ2v) is 8.69. The van der Waals surface area contributed by atoms with Gasteiger partial charge in [0, 0.05) is 11.0 Å². The van der Waals surface area contributed by atoms with E-state index in [-0.39, 0.29) is 11.8 Å². The average molecular weight is 489 g/mol. The SMILES string of the molecule is CCCn1c(NC(=O)[C@H](CCSC)NC(=O)c2ccccc2Br)nc2ccccc21. The number of nitrogens with zero attached hydrogens (tertiary/aromatic N) is 2. The summed E-state index contributed by atoms with van der Waals surface area (Å²) in [5.74, 6) is 0.704. The zero-order valence-electron chi connectivity index (χ0n) is 17.0. The first-order valence-electron chi connectivity index (χ1n) is 9.85. The van der Waals surface area contributed by atoms with Gasteiger partial charge in [0.05, 0.1) is 16.6 Å². The molecule has 0 bridgehead atoms. The minimum Gasteiger partial charge on any atom is -0.340 e. The summed E-state index contributed by atoms with van der Waals surface area (Å²) in [6.45, 7) is 2.83. The zero-order valence-corrected chi connectivity index (χ0v) is 19.4. The van der Waals surface area contributed by atoms with Gasteiger partial charge in [-0.15, -0.1) is 0 Å². The van der Waals surface area contributed by atoms with Gasteiger partial charge in [0.25, 0.3) is 5.91 Å². The Kier molecular flexibility index (Phi) is 7.93. The van der Waals surface area contributed by atoms with Crippen LogP contribution in [0.5, 0.6) is 0 Å². The molecule has 0 aliphatic rings. The van der Waals surface area contributed by atoms with Crippen LogP contribution in [0.15, 0.2) is 53.0 Å². The van der Waals surface area contributed by atoms with Crippen molar-refractivity contribution in [2.45, 2.75) is 32.4 Å². The van der Waals surface area contributed by atoms with Gasteiger partial charge in [-0.3, -0.25) is 14.9 Å². The number of nitrogens with one attached hydrogen (secondary N) is 2. The number of carbonyl (C=O) groups is 2. The van der Waals surface area contributed by atoms with E-state index in [9.17, 15) is 9.59 Å². The van der Waals surface area contributed by atoms with Crippen LogP contribution in [0.2, 0.25) is 0 Å². The van der Waals surface area contributed by atoms with Crippen LogP contribution >= 0.6 is 27.7 Å². The maximum Gasteiger partial charge on any atom is 0.253 e. The van der Waals surface area contributed by atoms with E-state index in [2.05, 4.69) is 38.5 Å². The Morgan fingerprint density at radius 1 is 1.17 bits per heavy atom.